The van der Waals surface area contributed by atoms with Crippen molar-refractivity contribution in [3.05, 3.63) is 126 Å². The van der Waals surface area contributed by atoms with Gasteiger partial charge in [0.1, 0.15) is 0 Å². The predicted molar refractivity (Wildman–Crippen MR) is 179 cm³/mol. The summed E-state index contributed by atoms with van der Waals surface area (Å²) in [6, 6.07) is 27.6. The van der Waals surface area contributed by atoms with Crippen LogP contribution in [0.2, 0.25) is 0 Å². The smallest absolute Gasteiger partial charge is 0.171 e. The van der Waals surface area contributed by atoms with Gasteiger partial charge in [-0.25, -0.2) is 5.57 Å². The first kappa shape index (κ1) is 36.9. The molecule has 0 nitrogen and oxygen atoms in total. The fraction of sp³-hybridized carbons (Fsp3) is 0.400. The number of hydrogen-bond acceptors (Lipinski definition) is 0. The van der Waals surface area contributed by atoms with Crippen molar-refractivity contribution in [1.29, 1.82) is 0 Å². The van der Waals surface area contributed by atoms with Gasteiger partial charge < -0.3 is 7.43 Å². The SMILES string of the molecule is CC(C)(C)c1c[c-]c2c(c1)-c1cc(C(C)(C)C)ccc1C2.CC1=[C-]C(C)C=C1C(C)(C)C.[CH2]=[Zr].[CH3-].[c-]1ccccc1. The molecule has 0 saturated carbocycles. The van der Waals surface area contributed by atoms with E-state index in [0.29, 0.717) is 11.3 Å². The Morgan fingerprint density at radius 2 is 1.34 bits per heavy atom. The molecule has 3 aromatic rings. The van der Waals surface area contributed by atoms with Gasteiger partial charge in [0.15, 0.2) is 0 Å². The van der Waals surface area contributed by atoms with Crippen molar-refractivity contribution in [2.24, 2.45) is 11.3 Å². The van der Waals surface area contributed by atoms with E-state index in [1.54, 1.807) is 0 Å². The van der Waals surface area contributed by atoms with Crippen LogP contribution < -0.4 is 0 Å². The largest absolute Gasteiger partial charge is 0.358 e. The second-order valence-electron chi connectivity index (χ2n) is 13.8. The summed E-state index contributed by atoms with van der Waals surface area (Å²) in [6.45, 7) is 24.7. The van der Waals surface area contributed by atoms with Crippen molar-refractivity contribution in [3.8, 4) is 11.1 Å². The first-order valence-electron chi connectivity index (χ1n) is 14.4. The molecule has 0 spiro atoms. The summed E-state index contributed by atoms with van der Waals surface area (Å²) in [5, 5.41) is 0. The van der Waals surface area contributed by atoms with E-state index in [-0.39, 0.29) is 18.3 Å². The molecule has 2 aliphatic rings. The third-order valence-corrected chi connectivity index (χ3v) is 7.21. The Labute approximate surface area is 268 Å². The van der Waals surface area contributed by atoms with Gasteiger partial charge in [0, 0.05) is 0 Å². The molecular formula is C40H52Zr-4. The van der Waals surface area contributed by atoms with Gasteiger partial charge in [-0.05, 0) is 17.4 Å². The Morgan fingerprint density at radius 3 is 1.73 bits per heavy atom. The fourth-order valence-corrected chi connectivity index (χ4v) is 4.98. The van der Waals surface area contributed by atoms with Gasteiger partial charge in [0.2, 0.25) is 0 Å². The third kappa shape index (κ3) is 10.6. The summed E-state index contributed by atoms with van der Waals surface area (Å²) in [5.41, 5.74) is 11.9. The van der Waals surface area contributed by atoms with Crippen LogP contribution in [-0.4, -0.2) is 4.21 Å². The Morgan fingerprint density at radius 1 is 0.780 bits per heavy atom. The van der Waals surface area contributed by atoms with Crippen LogP contribution in [0.3, 0.4) is 0 Å². The van der Waals surface area contributed by atoms with E-state index in [2.05, 4.69) is 135 Å². The Hall–Kier alpha value is -2.11. The third-order valence-electron chi connectivity index (χ3n) is 7.21. The second-order valence-corrected chi connectivity index (χ2v) is 13.8. The van der Waals surface area contributed by atoms with Crippen molar-refractivity contribution in [1.82, 2.24) is 0 Å². The fourth-order valence-electron chi connectivity index (χ4n) is 4.98. The molecule has 0 heterocycles. The van der Waals surface area contributed by atoms with Crippen LogP contribution in [0.1, 0.15) is 98.4 Å². The summed E-state index contributed by atoms with van der Waals surface area (Å²) in [4.78, 5) is 0. The maximum Gasteiger partial charge on any atom is -0.171 e. The number of rotatable bonds is 0. The van der Waals surface area contributed by atoms with Crippen molar-refractivity contribution in [2.75, 3.05) is 0 Å². The average Bonchev–Trinajstić information content (AvgIpc) is 3.44. The zero-order chi connectivity index (χ0) is 30.3. The molecule has 220 valence electrons. The molecule has 1 atom stereocenters. The zero-order valence-corrected chi connectivity index (χ0v) is 30.3. The minimum Gasteiger partial charge on any atom is -0.358 e. The van der Waals surface area contributed by atoms with Gasteiger partial charge in [-0.2, -0.15) is 77.4 Å². The molecule has 1 unspecified atom stereocenters. The maximum absolute atomic E-state index is 3.53. The van der Waals surface area contributed by atoms with Gasteiger partial charge in [-0.1, -0.05) is 122 Å². The van der Waals surface area contributed by atoms with Crippen LogP contribution in [0.25, 0.3) is 11.1 Å². The van der Waals surface area contributed by atoms with Gasteiger partial charge in [0.05, 0.1) is 0 Å². The monoisotopic (exact) mass is 622 g/mol. The second kappa shape index (κ2) is 15.4. The van der Waals surface area contributed by atoms with Crippen molar-refractivity contribution < 1.29 is 24.2 Å². The molecule has 41 heavy (non-hydrogen) atoms. The maximum atomic E-state index is 3.53. The van der Waals surface area contributed by atoms with Gasteiger partial charge >= 0.3 is 28.4 Å². The molecule has 0 aliphatic heterocycles. The van der Waals surface area contributed by atoms with Crippen LogP contribution in [-0.2, 0) is 41.5 Å². The average molecular weight is 624 g/mol. The summed E-state index contributed by atoms with van der Waals surface area (Å²) < 4.78 is 3.34. The Balaban J connectivity index is 0.000000351. The topological polar surface area (TPSA) is 0 Å². The number of hydrogen-bond donors (Lipinski definition) is 0. The Kier molecular flexibility index (Phi) is 13.9. The molecule has 0 fully saturated rings. The summed E-state index contributed by atoms with van der Waals surface area (Å²) in [7, 11) is 0. The molecule has 3 aromatic carbocycles. The van der Waals surface area contributed by atoms with Crippen LogP contribution >= 0.6 is 0 Å². The summed E-state index contributed by atoms with van der Waals surface area (Å²) in [6.07, 6.45) is 6.74. The van der Waals surface area contributed by atoms with E-state index in [9.17, 15) is 0 Å². The minimum absolute atomic E-state index is 0. The van der Waals surface area contributed by atoms with Gasteiger partial charge in [0.25, 0.3) is 0 Å². The van der Waals surface area contributed by atoms with Crippen LogP contribution in [0.15, 0.2) is 77.9 Å². The standard InChI is InChI=1S/C21H25.C11H17.C6H5.CH3.CH2.Zr/c1-20(2,3)16-9-7-14-11-15-8-10-17(21(4,5)6)13-19(15)18(14)12-16;1-8-6-9(2)10(7-8)11(3,4)5;1-2-4-6-5-3-1;;;/h7,9-10,12-13H,11H2,1-6H3;7-8H,1-5H3;1-5H;1H3;1H2;/q4*-1;;. The van der Waals surface area contributed by atoms with E-state index >= 15 is 0 Å². The van der Waals surface area contributed by atoms with E-state index in [4.69, 9.17) is 0 Å². The summed E-state index contributed by atoms with van der Waals surface area (Å²) >= 11 is 1.30. The van der Waals surface area contributed by atoms with Crippen LogP contribution in [0.4, 0.5) is 0 Å². The van der Waals surface area contributed by atoms with Crippen molar-refractivity contribution >= 4 is 4.21 Å². The van der Waals surface area contributed by atoms with Gasteiger partial charge in [-0.3, -0.25) is 6.08 Å². The van der Waals surface area contributed by atoms with E-state index in [1.807, 2.05) is 30.3 Å². The first-order valence-corrected chi connectivity index (χ1v) is 16.1. The number of fused-ring (bicyclic) bond motifs is 3. The normalized spacial score (nSPS) is 15.1. The van der Waals surface area contributed by atoms with E-state index in [1.165, 1.54) is 68.8 Å². The molecular weight excluding hydrogens is 572 g/mol. The molecule has 2 aliphatic carbocycles. The van der Waals surface area contributed by atoms with Crippen molar-refractivity contribution in [3.63, 3.8) is 0 Å². The number of allylic oxidation sites excluding steroid dienone is 4. The molecule has 0 bridgehead atoms. The van der Waals surface area contributed by atoms with Gasteiger partial charge in [-0.15, -0.1) is 5.56 Å². The quantitative estimate of drug-likeness (QED) is 0.171. The van der Waals surface area contributed by atoms with E-state index in [0.717, 1.165) is 6.42 Å². The first-order chi connectivity index (χ1) is 18.6. The number of benzene rings is 3. The van der Waals surface area contributed by atoms with Crippen LogP contribution in [0.5, 0.6) is 0 Å². The van der Waals surface area contributed by atoms with Crippen LogP contribution in [0, 0.1) is 37.0 Å². The molecule has 0 radical (unpaired) electrons. The van der Waals surface area contributed by atoms with E-state index < -0.39 is 0 Å². The molecule has 0 amide bonds. The molecule has 1 heteroatoms. The predicted octanol–water partition coefficient (Wildman–Crippen LogP) is 10.9. The van der Waals surface area contributed by atoms with Crippen molar-refractivity contribution in [2.45, 2.75) is 93.4 Å². The molecule has 0 N–H and O–H groups in total. The minimum atomic E-state index is 0. The molecule has 5 rings (SSSR count). The zero-order valence-electron chi connectivity index (χ0n) is 27.8. The molecule has 0 saturated heterocycles. The Bertz CT molecular complexity index is 1210. The molecule has 0 aromatic heterocycles. The summed E-state index contributed by atoms with van der Waals surface area (Å²) in [5.74, 6) is 0.518.